The number of amides is 1. The van der Waals surface area contributed by atoms with Gasteiger partial charge in [-0.1, -0.05) is 56.3 Å². The summed E-state index contributed by atoms with van der Waals surface area (Å²) in [5.74, 6) is 0.359. The van der Waals surface area contributed by atoms with Gasteiger partial charge < -0.3 is 10.2 Å². The molecule has 2 aromatic rings. The van der Waals surface area contributed by atoms with Crippen LogP contribution in [0.25, 0.3) is 0 Å². The lowest BCUT2D eigenvalue weighted by molar-refractivity contribution is -0.917. The van der Waals surface area contributed by atoms with Gasteiger partial charge in [-0.3, -0.25) is 4.79 Å². The smallest absolute Gasteiger partial charge is 0.278 e. The Morgan fingerprint density at radius 2 is 1.60 bits per heavy atom. The van der Waals surface area contributed by atoms with E-state index in [0.717, 1.165) is 16.0 Å². The van der Waals surface area contributed by atoms with Gasteiger partial charge in [0.05, 0.1) is 31.1 Å². The number of nitrogens with one attached hydrogen (secondary N) is 2. The average Bonchev–Trinajstić information content (AvgIpc) is 2.77. The van der Waals surface area contributed by atoms with Crippen LogP contribution >= 0.6 is 0 Å². The molecule has 0 unspecified atom stereocenters. The highest BCUT2D eigenvalue weighted by molar-refractivity contribution is 7.89. The third-order valence-corrected chi connectivity index (χ3v) is 7.78. The first-order valence-corrected chi connectivity index (χ1v) is 12.0. The molecule has 1 saturated heterocycles. The molecular formula is C23H32N3O3S+. The molecular weight excluding hydrogens is 398 g/mol. The topological polar surface area (TPSA) is 70.9 Å². The monoisotopic (exact) mass is 430 g/mol. The summed E-state index contributed by atoms with van der Waals surface area (Å²) < 4.78 is 27.5. The molecule has 0 saturated carbocycles. The number of carbonyl (C=O) groups excluding carboxylic acids is 1. The molecule has 0 aliphatic carbocycles. The number of benzene rings is 2. The first-order chi connectivity index (χ1) is 14.3. The van der Waals surface area contributed by atoms with Crippen molar-refractivity contribution in [2.24, 2.45) is 0 Å². The third kappa shape index (κ3) is 5.28. The first kappa shape index (κ1) is 22.5. The Bertz CT molecular complexity index is 935. The second-order valence-electron chi connectivity index (χ2n) is 8.21. The fraction of sp³-hybridized carbons (Fsp3) is 0.435. The molecule has 2 aromatic carbocycles. The summed E-state index contributed by atoms with van der Waals surface area (Å²) >= 11 is 0. The molecule has 0 spiro atoms. The zero-order valence-electron chi connectivity index (χ0n) is 18.0. The van der Waals surface area contributed by atoms with Gasteiger partial charge in [-0.05, 0) is 36.1 Å². The van der Waals surface area contributed by atoms with Gasteiger partial charge in [0.1, 0.15) is 0 Å². The maximum absolute atomic E-state index is 13.0. The van der Waals surface area contributed by atoms with Crippen molar-refractivity contribution in [3.05, 3.63) is 65.7 Å². The SMILES string of the molecule is CC(C)c1ccc(S(=O)(=O)N2CC[NH+]([C@H](C)C(=O)NCc3ccccc3)CC2)cc1. The van der Waals surface area contributed by atoms with Crippen LogP contribution < -0.4 is 10.2 Å². The van der Waals surface area contributed by atoms with Crippen LogP contribution in [-0.4, -0.2) is 50.9 Å². The normalized spacial score (nSPS) is 17.1. The number of piperazine rings is 1. The standard InChI is InChI=1S/C23H31N3O3S/c1-18(2)21-9-11-22(12-10-21)30(28,29)26-15-13-25(14-16-26)19(3)23(27)24-17-20-7-5-4-6-8-20/h4-12,18-19H,13-17H2,1-3H3,(H,24,27)/p+1/t19-/m1/s1. The molecule has 0 bridgehead atoms. The molecule has 1 heterocycles. The van der Waals surface area contributed by atoms with Crippen LogP contribution in [0.2, 0.25) is 0 Å². The quantitative estimate of drug-likeness (QED) is 0.698. The summed E-state index contributed by atoms with van der Waals surface area (Å²) in [7, 11) is -3.50. The molecule has 0 radical (unpaired) electrons. The summed E-state index contributed by atoms with van der Waals surface area (Å²) in [5, 5.41) is 2.99. The zero-order chi connectivity index (χ0) is 21.7. The van der Waals surface area contributed by atoms with Crippen LogP contribution in [0.5, 0.6) is 0 Å². The van der Waals surface area contributed by atoms with E-state index in [0.29, 0.717) is 43.5 Å². The number of sulfonamides is 1. The maximum atomic E-state index is 13.0. The van der Waals surface area contributed by atoms with Gasteiger partial charge >= 0.3 is 0 Å². The van der Waals surface area contributed by atoms with Crippen LogP contribution in [0.4, 0.5) is 0 Å². The fourth-order valence-corrected chi connectivity index (χ4v) is 5.19. The molecule has 1 atom stereocenters. The van der Waals surface area contributed by atoms with Crippen molar-refractivity contribution >= 4 is 15.9 Å². The summed E-state index contributed by atoms with van der Waals surface area (Å²) in [5.41, 5.74) is 2.19. The summed E-state index contributed by atoms with van der Waals surface area (Å²) in [6.07, 6.45) is 0. The van der Waals surface area contributed by atoms with E-state index in [1.807, 2.05) is 49.4 Å². The summed E-state index contributed by atoms with van der Waals surface area (Å²) in [6, 6.07) is 16.8. The van der Waals surface area contributed by atoms with E-state index < -0.39 is 10.0 Å². The number of hydrogen-bond acceptors (Lipinski definition) is 3. The molecule has 162 valence electrons. The Hall–Kier alpha value is -2.22. The number of hydrogen-bond donors (Lipinski definition) is 2. The molecule has 7 heteroatoms. The molecule has 6 nitrogen and oxygen atoms in total. The number of nitrogens with zero attached hydrogens (tertiary/aromatic N) is 1. The highest BCUT2D eigenvalue weighted by Gasteiger charge is 2.34. The predicted octanol–water partition coefficient (Wildman–Crippen LogP) is 1.40. The van der Waals surface area contributed by atoms with E-state index in [2.05, 4.69) is 19.2 Å². The van der Waals surface area contributed by atoms with Crippen molar-refractivity contribution in [2.75, 3.05) is 26.2 Å². The van der Waals surface area contributed by atoms with E-state index in [-0.39, 0.29) is 11.9 Å². The van der Waals surface area contributed by atoms with Crippen molar-refractivity contribution in [3.63, 3.8) is 0 Å². The Labute approximate surface area is 179 Å². The molecule has 1 aliphatic heterocycles. The van der Waals surface area contributed by atoms with Gasteiger partial charge in [-0.15, -0.1) is 0 Å². The predicted molar refractivity (Wildman–Crippen MR) is 118 cm³/mol. The average molecular weight is 431 g/mol. The van der Waals surface area contributed by atoms with Crippen LogP contribution in [0.3, 0.4) is 0 Å². The Morgan fingerprint density at radius 1 is 1.00 bits per heavy atom. The van der Waals surface area contributed by atoms with Gasteiger partial charge in [0, 0.05) is 6.54 Å². The van der Waals surface area contributed by atoms with Crippen LogP contribution in [-0.2, 0) is 21.4 Å². The second kappa shape index (κ2) is 9.73. The largest absolute Gasteiger partial charge is 0.347 e. The maximum Gasteiger partial charge on any atom is 0.278 e. The molecule has 1 fully saturated rings. The van der Waals surface area contributed by atoms with Crippen LogP contribution in [0.15, 0.2) is 59.5 Å². The second-order valence-corrected chi connectivity index (χ2v) is 10.1. The highest BCUT2D eigenvalue weighted by atomic mass is 32.2. The van der Waals surface area contributed by atoms with Gasteiger partial charge in [-0.2, -0.15) is 4.31 Å². The summed E-state index contributed by atoms with van der Waals surface area (Å²) in [4.78, 5) is 14.0. The van der Waals surface area contributed by atoms with Crippen molar-refractivity contribution in [1.29, 1.82) is 0 Å². The minimum Gasteiger partial charge on any atom is -0.347 e. The van der Waals surface area contributed by atoms with E-state index in [1.54, 1.807) is 12.1 Å². The first-order valence-electron chi connectivity index (χ1n) is 10.6. The highest BCUT2D eigenvalue weighted by Crippen LogP contribution is 2.20. The van der Waals surface area contributed by atoms with Crippen molar-refractivity contribution in [2.45, 2.75) is 44.2 Å². The van der Waals surface area contributed by atoms with Gasteiger partial charge in [0.2, 0.25) is 10.0 Å². The molecule has 1 aliphatic rings. The molecule has 1 amide bonds. The molecule has 2 N–H and O–H groups in total. The minimum atomic E-state index is -3.50. The van der Waals surface area contributed by atoms with Gasteiger partial charge in [0.25, 0.3) is 5.91 Å². The third-order valence-electron chi connectivity index (χ3n) is 5.86. The van der Waals surface area contributed by atoms with E-state index in [4.69, 9.17) is 0 Å². The number of quaternary nitrogens is 1. The zero-order valence-corrected chi connectivity index (χ0v) is 18.8. The Morgan fingerprint density at radius 3 is 2.17 bits per heavy atom. The van der Waals surface area contributed by atoms with Crippen molar-refractivity contribution in [1.82, 2.24) is 9.62 Å². The molecule has 0 aromatic heterocycles. The van der Waals surface area contributed by atoms with Crippen LogP contribution in [0.1, 0.15) is 37.8 Å². The lowest BCUT2D eigenvalue weighted by Gasteiger charge is -2.34. The molecule has 30 heavy (non-hydrogen) atoms. The number of rotatable bonds is 7. The van der Waals surface area contributed by atoms with E-state index >= 15 is 0 Å². The number of carbonyl (C=O) groups is 1. The van der Waals surface area contributed by atoms with E-state index in [1.165, 1.54) is 4.31 Å². The fourth-order valence-electron chi connectivity index (χ4n) is 3.74. The van der Waals surface area contributed by atoms with Crippen molar-refractivity contribution < 1.29 is 18.1 Å². The van der Waals surface area contributed by atoms with Gasteiger partial charge in [-0.25, -0.2) is 8.42 Å². The Kier molecular flexibility index (Phi) is 7.28. The van der Waals surface area contributed by atoms with E-state index in [9.17, 15) is 13.2 Å². The Balaban J connectivity index is 1.54. The van der Waals surface area contributed by atoms with Gasteiger partial charge in [0.15, 0.2) is 6.04 Å². The lowest BCUT2D eigenvalue weighted by atomic mass is 10.0. The lowest BCUT2D eigenvalue weighted by Crippen LogP contribution is -3.19. The molecule has 3 rings (SSSR count). The van der Waals surface area contributed by atoms with Crippen molar-refractivity contribution in [3.8, 4) is 0 Å². The minimum absolute atomic E-state index is 0.00515. The summed E-state index contributed by atoms with van der Waals surface area (Å²) in [6.45, 7) is 8.65. The van der Waals surface area contributed by atoms with Crippen LogP contribution in [0, 0.1) is 0 Å².